The Labute approximate surface area is 84.0 Å². The standard InChI is InChI=1S/C7H8O.C2H7NO.CH2O/c1-6-2-4-7(8)5-3-6;3-1-2-4;1-2/h2-5,8H,1H3;4H,1-3H2;1H2. The van der Waals surface area contributed by atoms with Crippen molar-refractivity contribution in [1.82, 2.24) is 0 Å². The number of rotatable bonds is 1. The minimum Gasteiger partial charge on any atom is -0.508 e. The van der Waals surface area contributed by atoms with Crippen LogP contribution in [0.3, 0.4) is 0 Å². The fraction of sp³-hybridized carbons (Fsp3) is 0.300. The van der Waals surface area contributed by atoms with E-state index in [4.69, 9.17) is 20.7 Å². The molecule has 0 aromatic heterocycles. The Balaban J connectivity index is 0. The Morgan fingerprint density at radius 3 is 1.86 bits per heavy atom. The lowest BCUT2D eigenvalue weighted by Crippen LogP contribution is -2.02. The molecule has 0 amide bonds. The molecule has 0 atom stereocenters. The van der Waals surface area contributed by atoms with Gasteiger partial charge in [-0.3, -0.25) is 0 Å². The molecule has 0 unspecified atom stereocenters. The molecule has 1 aromatic rings. The number of hydrogen-bond donors (Lipinski definition) is 3. The van der Waals surface area contributed by atoms with Crippen LogP contribution in [0.1, 0.15) is 5.56 Å². The second-order valence-electron chi connectivity index (χ2n) is 2.35. The van der Waals surface area contributed by atoms with Crippen LogP contribution in [0.4, 0.5) is 0 Å². The second-order valence-corrected chi connectivity index (χ2v) is 2.35. The Morgan fingerprint density at radius 2 is 1.64 bits per heavy atom. The van der Waals surface area contributed by atoms with Gasteiger partial charge in [-0.25, -0.2) is 0 Å². The average Bonchev–Trinajstić information content (AvgIpc) is 2.26. The lowest BCUT2D eigenvalue weighted by Gasteiger charge is -1.89. The molecular weight excluding hydrogens is 182 g/mol. The lowest BCUT2D eigenvalue weighted by atomic mass is 10.2. The number of carbonyl (C=O) groups is 1. The number of aliphatic hydroxyl groups is 1. The summed E-state index contributed by atoms with van der Waals surface area (Å²) in [7, 11) is 0. The van der Waals surface area contributed by atoms with Crippen LogP contribution in [-0.4, -0.2) is 30.2 Å². The summed E-state index contributed by atoms with van der Waals surface area (Å²) in [6, 6.07) is 7.09. The van der Waals surface area contributed by atoms with Crippen molar-refractivity contribution in [2.75, 3.05) is 13.2 Å². The summed E-state index contributed by atoms with van der Waals surface area (Å²) in [5, 5.41) is 16.5. The van der Waals surface area contributed by atoms with Crippen LogP contribution < -0.4 is 5.73 Å². The van der Waals surface area contributed by atoms with E-state index in [2.05, 4.69) is 0 Å². The van der Waals surface area contributed by atoms with E-state index < -0.39 is 0 Å². The molecule has 0 heterocycles. The monoisotopic (exact) mass is 199 g/mol. The van der Waals surface area contributed by atoms with Crippen LogP contribution in [0.25, 0.3) is 0 Å². The second kappa shape index (κ2) is 11.6. The topological polar surface area (TPSA) is 83.5 Å². The van der Waals surface area contributed by atoms with Crippen molar-refractivity contribution in [2.45, 2.75) is 6.92 Å². The SMILES string of the molecule is C=O.Cc1ccc(O)cc1.NCCO. The molecule has 0 radical (unpaired) electrons. The zero-order valence-electron chi connectivity index (χ0n) is 8.31. The van der Waals surface area contributed by atoms with Crippen molar-refractivity contribution >= 4 is 6.79 Å². The van der Waals surface area contributed by atoms with Gasteiger partial charge in [0.15, 0.2) is 0 Å². The number of phenolic OH excluding ortho intramolecular Hbond substituents is 1. The summed E-state index contributed by atoms with van der Waals surface area (Å²) in [6.45, 7) is 4.46. The molecule has 1 aromatic carbocycles. The first kappa shape index (κ1) is 15.1. The molecule has 14 heavy (non-hydrogen) atoms. The predicted molar refractivity (Wildman–Crippen MR) is 56.1 cm³/mol. The number of aromatic hydroxyl groups is 1. The molecule has 0 fully saturated rings. The molecule has 1 rings (SSSR count). The van der Waals surface area contributed by atoms with Crippen molar-refractivity contribution in [1.29, 1.82) is 0 Å². The van der Waals surface area contributed by atoms with Crippen LogP contribution >= 0.6 is 0 Å². The van der Waals surface area contributed by atoms with Crippen LogP contribution in [0.2, 0.25) is 0 Å². The van der Waals surface area contributed by atoms with Crippen LogP contribution in [0.15, 0.2) is 24.3 Å². The Hall–Kier alpha value is -1.39. The molecule has 0 aliphatic carbocycles. The van der Waals surface area contributed by atoms with Crippen molar-refractivity contribution < 1.29 is 15.0 Å². The summed E-state index contributed by atoms with van der Waals surface area (Å²) in [5.74, 6) is 0.329. The largest absolute Gasteiger partial charge is 0.508 e. The molecule has 4 N–H and O–H groups in total. The van der Waals surface area contributed by atoms with E-state index in [1.54, 1.807) is 12.1 Å². The van der Waals surface area contributed by atoms with Gasteiger partial charge >= 0.3 is 0 Å². The molecular formula is C10H17NO3. The van der Waals surface area contributed by atoms with E-state index >= 15 is 0 Å². The smallest absolute Gasteiger partial charge is 0.115 e. The Morgan fingerprint density at radius 1 is 1.29 bits per heavy atom. The molecule has 0 aliphatic rings. The minimum atomic E-state index is 0.0972. The number of nitrogens with two attached hydrogens (primary N) is 1. The number of aryl methyl sites for hydroxylation is 1. The van der Waals surface area contributed by atoms with Crippen LogP contribution in [0.5, 0.6) is 5.75 Å². The maximum Gasteiger partial charge on any atom is 0.115 e. The van der Waals surface area contributed by atoms with Gasteiger partial charge in [-0.2, -0.15) is 0 Å². The first-order valence-electron chi connectivity index (χ1n) is 4.06. The van der Waals surface area contributed by atoms with E-state index in [1.165, 1.54) is 5.56 Å². The quantitative estimate of drug-likeness (QED) is 0.613. The summed E-state index contributed by atoms with van der Waals surface area (Å²) in [4.78, 5) is 8.00. The molecule has 4 nitrogen and oxygen atoms in total. The number of benzene rings is 1. The highest BCUT2D eigenvalue weighted by Crippen LogP contribution is 2.07. The van der Waals surface area contributed by atoms with Gasteiger partial charge < -0.3 is 20.7 Å². The van der Waals surface area contributed by atoms with Crippen molar-refractivity contribution in [3.63, 3.8) is 0 Å². The van der Waals surface area contributed by atoms with Gasteiger partial charge in [-0.1, -0.05) is 17.7 Å². The maximum absolute atomic E-state index is 8.76. The summed E-state index contributed by atoms with van der Waals surface area (Å²) in [6.07, 6.45) is 0. The van der Waals surface area contributed by atoms with E-state index in [9.17, 15) is 0 Å². The van der Waals surface area contributed by atoms with Gasteiger partial charge in [0.1, 0.15) is 12.5 Å². The summed E-state index contributed by atoms with van der Waals surface area (Å²) >= 11 is 0. The molecule has 0 spiro atoms. The molecule has 80 valence electrons. The molecule has 0 aliphatic heterocycles. The number of hydrogen-bond acceptors (Lipinski definition) is 4. The minimum absolute atomic E-state index is 0.0972. The van der Waals surface area contributed by atoms with E-state index in [1.807, 2.05) is 25.8 Å². The zero-order chi connectivity index (χ0) is 11.4. The molecule has 0 saturated carbocycles. The molecule has 0 saturated heterocycles. The van der Waals surface area contributed by atoms with Gasteiger partial charge in [0.2, 0.25) is 0 Å². The number of carbonyl (C=O) groups excluding carboxylic acids is 1. The molecule has 0 bridgehead atoms. The van der Waals surface area contributed by atoms with Gasteiger partial charge in [0.25, 0.3) is 0 Å². The zero-order valence-corrected chi connectivity index (χ0v) is 8.31. The summed E-state index contributed by atoms with van der Waals surface area (Å²) < 4.78 is 0. The van der Waals surface area contributed by atoms with Gasteiger partial charge in [0.05, 0.1) is 6.61 Å². The van der Waals surface area contributed by atoms with Crippen molar-refractivity contribution in [3.05, 3.63) is 29.8 Å². The van der Waals surface area contributed by atoms with Crippen molar-refractivity contribution in [2.24, 2.45) is 5.73 Å². The first-order valence-corrected chi connectivity index (χ1v) is 4.06. The highest BCUT2D eigenvalue weighted by atomic mass is 16.3. The van der Waals surface area contributed by atoms with E-state index in [-0.39, 0.29) is 6.61 Å². The fourth-order valence-electron chi connectivity index (χ4n) is 0.545. The van der Waals surface area contributed by atoms with Gasteiger partial charge in [-0.05, 0) is 19.1 Å². The van der Waals surface area contributed by atoms with Crippen LogP contribution in [-0.2, 0) is 4.79 Å². The highest BCUT2D eigenvalue weighted by Gasteiger charge is 1.82. The summed E-state index contributed by atoms with van der Waals surface area (Å²) in [5.41, 5.74) is 5.95. The predicted octanol–water partition coefficient (Wildman–Crippen LogP) is 0.453. The van der Waals surface area contributed by atoms with Gasteiger partial charge in [0, 0.05) is 6.54 Å². The van der Waals surface area contributed by atoms with E-state index in [0.717, 1.165) is 0 Å². The highest BCUT2D eigenvalue weighted by molar-refractivity contribution is 5.24. The fourth-order valence-corrected chi connectivity index (χ4v) is 0.545. The third-order valence-electron chi connectivity index (χ3n) is 1.16. The average molecular weight is 199 g/mol. The Kier molecular flexibility index (Phi) is 12.5. The van der Waals surface area contributed by atoms with Gasteiger partial charge in [-0.15, -0.1) is 0 Å². The third kappa shape index (κ3) is 10.6. The number of aliphatic hydroxyl groups excluding tert-OH is 1. The van der Waals surface area contributed by atoms with E-state index in [0.29, 0.717) is 12.3 Å². The number of phenols is 1. The van der Waals surface area contributed by atoms with Crippen LogP contribution in [0, 0.1) is 6.92 Å². The normalized spacial score (nSPS) is 7.64. The lowest BCUT2D eigenvalue weighted by molar-refractivity contribution is -0.0979. The van der Waals surface area contributed by atoms with Crippen molar-refractivity contribution in [3.8, 4) is 5.75 Å². The Bertz CT molecular complexity index is 188. The molecule has 4 heteroatoms. The maximum atomic E-state index is 8.76. The third-order valence-corrected chi connectivity index (χ3v) is 1.16. The first-order chi connectivity index (χ1) is 6.70.